The van der Waals surface area contributed by atoms with E-state index in [9.17, 15) is 0 Å². The van der Waals surface area contributed by atoms with Crippen LogP contribution in [0.3, 0.4) is 0 Å². The number of benzene rings is 9. The zero-order chi connectivity index (χ0) is 39.6. The van der Waals surface area contributed by atoms with Gasteiger partial charge in [0.2, 0.25) is 0 Å². The maximum absolute atomic E-state index is 5.14. The van der Waals surface area contributed by atoms with E-state index in [2.05, 4.69) is 191 Å². The number of rotatable bonds is 6. The molecule has 9 aromatic carbocycles. The molecule has 0 atom stereocenters. The molecule has 0 amide bonds. The second-order valence-corrected chi connectivity index (χ2v) is 15.2. The zero-order valence-electron chi connectivity index (χ0n) is 32.4. The molecule has 0 radical (unpaired) electrons. The third-order valence-electron chi connectivity index (χ3n) is 11.8. The van der Waals surface area contributed by atoms with Crippen molar-refractivity contribution >= 4 is 54.4 Å². The highest BCUT2D eigenvalue weighted by molar-refractivity contribution is 6.21. The van der Waals surface area contributed by atoms with Crippen molar-refractivity contribution in [3.05, 3.63) is 212 Å². The Morgan fingerprint density at radius 3 is 1.45 bits per heavy atom. The molecule has 12 aromatic rings. The molecular formula is C55H35N5. The summed E-state index contributed by atoms with van der Waals surface area (Å²) in [6.07, 6.45) is 0. The van der Waals surface area contributed by atoms with Crippen LogP contribution < -0.4 is 0 Å². The van der Waals surface area contributed by atoms with Crippen LogP contribution in [0.2, 0.25) is 0 Å². The number of hydrogen-bond donors (Lipinski definition) is 0. The number of fused-ring (bicyclic) bond motifs is 8. The van der Waals surface area contributed by atoms with Gasteiger partial charge in [0.1, 0.15) is 0 Å². The standard InChI is InChI=1S/C55H35N5/c1-3-14-39(15-4-1)53-56-54(58-55(57-53)41-29-33-46-45-19-9-11-21-48(45)60(51(46)35-41)42-16-5-2-6-17-42)40-25-23-36(24-26-40)37-27-31-43(32-28-37)59-49-22-12-10-20-47(49)52-44-18-8-7-13-38(44)30-34-50(52)59/h1-35H. The normalized spacial score (nSPS) is 11.7. The van der Waals surface area contributed by atoms with E-state index in [1.165, 1.54) is 43.4 Å². The van der Waals surface area contributed by atoms with Gasteiger partial charge in [0, 0.05) is 49.6 Å². The van der Waals surface area contributed by atoms with Crippen molar-refractivity contribution in [2.24, 2.45) is 0 Å². The van der Waals surface area contributed by atoms with Crippen LogP contribution in [0, 0.1) is 0 Å². The highest BCUT2D eigenvalue weighted by Gasteiger charge is 2.18. The fourth-order valence-electron chi connectivity index (χ4n) is 8.95. The van der Waals surface area contributed by atoms with E-state index in [1.54, 1.807) is 0 Å². The molecule has 0 unspecified atom stereocenters. The predicted octanol–water partition coefficient (Wildman–Crippen LogP) is 13.9. The largest absolute Gasteiger partial charge is 0.309 e. The van der Waals surface area contributed by atoms with Crippen LogP contribution in [0.15, 0.2) is 212 Å². The highest BCUT2D eigenvalue weighted by atomic mass is 15.0. The second kappa shape index (κ2) is 13.8. The molecule has 3 heterocycles. The molecule has 0 N–H and O–H groups in total. The van der Waals surface area contributed by atoms with E-state index in [0.29, 0.717) is 17.5 Å². The summed E-state index contributed by atoms with van der Waals surface area (Å²) in [5.41, 5.74) is 12.0. The van der Waals surface area contributed by atoms with Crippen LogP contribution in [0.5, 0.6) is 0 Å². The van der Waals surface area contributed by atoms with Crippen LogP contribution in [0.4, 0.5) is 0 Å². The molecule has 0 spiro atoms. The van der Waals surface area contributed by atoms with Crippen LogP contribution in [0.25, 0.3) is 111 Å². The van der Waals surface area contributed by atoms with Gasteiger partial charge in [-0.3, -0.25) is 0 Å². The lowest BCUT2D eigenvalue weighted by Gasteiger charge is -2.11. The maximum atomic E-state index is 5.14. The van der Waals surface area contributed by atoms with Crippen molar-refractivity contribution in [3.63, 3.8) is 0 Å². The third kappa shape index (κ3) is 5.52. The second-order valence-electron chi connectivity index (χ2n) is 15.2. The van der Waals surface area contributed by atoms with Gasteiger partial charge in [-0.15, -0.1) is 0 Å². The Morgan fingerprint density at radius 1 is 0.267 bits per heavy atom. The lowest BCUT2D eigenvalue weighted by atomic mass is 10.0. The first-order valence-electron chi connectivity index (χ1n) is 20.3. The Hall–Kier alpha value is -8.15. The molecule has 0 bridgehead atoms. The minimum absolute atomic E-state index is 0.628. The molecule has 0 aliphatic carbocycles. The third-order valence-corrected chi connectivity index (χ3v) is 11.8. The molecule has 0 saturated heterocycles. The number of aromatic nitrogens is 5. The summed E-state index contributed by atoms with van der Waals surface area (Å²) in [7, 11) is 0. The van der Waals surface area contributed by atoms with Crippen LogP contribution in [0.1, 0.15) is 0 Å². The van der Waals surface area contributed by atoms with Crippen molar-refractivity contribution in [3.8, 4) is 56.7 Å². The monoisotopic (exact) mass is 765 g/mol. The fourth-order valence-corrected chi connectivity index (χ4v) is 8.95. The summed E-state index contributed by atoms with van der Waals surface area (Å²) in [6.45, 7) is 0. The lowest BCUT2D eigenvalue weighted by Crippen LogP contribution is -2.00. The average Bonchev–Trinajstić information content (AvgIpc) is 3.85. The first-order valence-corrected chi connectivity index (χ1v) is 20.3. The molecule has 0 fully saturated rings. The molecule has 280 valence electrons. The average molecular weight is 766 g/mol. The summed E-state index contributed by atoms with van der Waals surface area (Å²) in [6, 6.07) is 75.1. The number of nitrogens with zero attached hydrogens (tertiary/aromatic N) is 5. The Kier molecular flexibility index (Phi) is 7.78. The van der Waals surface area contributed by atoms with Crippen molar-refractivity contribution in [2.75, 3.05) is 0 Å². The van der Waals surface area contributed by atoms with Crippen molar-refractivity contribution in [2.45, 2.75) is 0 Å². The van der Waals surface area contributed by atoms with Gasteiger partial charge in [-0.2, -0.15) is 0 Å². The van der Waals surface area contributed by atoms with Crippen LogP contribution in [-0.2, 0) is 0 Å². The quantitative estimate of drug-likeness (QED) is 0.169. The molecule has 0 saturated carbocycles. The Bertz CT molecular complexity index is 3570. The van der Waals surface area contributed by atoms with Gasteiger partial charge in [0.15, 0.2) is 17.5 Å². The van der Waals surface area contributed by atoms with Crippen molar-refractivity contribution < 1.29 is 0 Å². The van der Waals surface area contributed by atoms with Gasteiger partial charge in [-0.25, -0.2) is 15.0 Å². The topological polar surface area (TPSA) is 48.5 Å². The fraction of sp³-hybridized carbons (Fsp3) is 0. The zero-order valence-corrected chi connectivity index (χ0v) is 32.4. The molecule has 5 heteroatoms. The molecular weight excluding hydrogens is 731 g/mol. The SMILES string of the molecule is c1ccc(-c2nc(-c3ccc(-c4ccc(-n5c6ccccc6c6c7ccccc7ccc65)cc4)cc3)nc(-c3ccc4c5ccccc5n(-c5ccccc5)c4c3)n2)cc1. The highest BCUT2D eigenvalue weighted by Crippen LogP contribution is 2.38. The Labute approximate surface area is 346 Å². The van der Waals surface area contributed by atoms with Gasteiger partial charge in [-0.05, 0) is 70.4 Å². The summed E-state index contributed by atoms with van der Waals surface area (Å²) in [5.74, 6) is 1.89. The van der Waals surface area contributed by atoms with Crippen LogP contribution >= 0.6 is 0 Å². The molecule has 5 nitrogen and oxygen atoms in total. The summed E-state index contributed by atoms with van der Waals surface area (Å²) in [4.78, 5) is 15.3. The van der Waals surface area contributed by atoms with Gasteiger partial charge >= 0.3 is 0 Å². The van der Waals surface area contributed by atoms with Gasteiger partial charge in [0.25, 0.3) is 0 Å². The van der Waals surface area contributed by atoms with E-state index >= 15 is 0 Å². The maximum Gasteiger partial charge on any atom is 0.164 e. The first kappa shape index (κ1) is 33.9. The van der Waals surface area contributed by atoms with E-state index in [0.717, 1.165) is 50.2 Å². The van der Waals surface area contributed by atoms with E-state index in [4.69, 9.17) is 15.0 Å². The minimum atomic E-state index is 0.628. The molecule has 0 aliphatic heterocycles. The lowest BCUT2D eigenvalue weighted by molar-refractivity contribution is 1.07. The Balaban J connectivity index is 0.928. The van der Waals surface area contributed by atoms with Crippen molar-refractivity contribution in [1.29, 1.82) is 0 Å². The summed E-state index contributed by atoms with van der Waals surface area (Å²) < 4.78 is 4.70. The molecule has 60 heavy (non-hydrogen) atoms. The van der Waals surface area contributed by atoms with Gasteiger partial charge in [0.05, 0.1) is 22.1 Å². The van der Waals surface area contributed by atoms with Gasteiger partial charge in [-0.1, -0.05) is 164 Å². The van der Waals surface area contributed by atoms with Crippen LogP contribution in [-0.4, -0.2) is 24.1 Å². The summed E-state index contributed by atoms with van der Waals surface area (Å²) >= 11 is 0. The Morgan fingerprint density at radius 2 is 0.733 bits per heavy atom. The molecule has 12 rings (SSSR count). The van der Waals surface area contributed by atoms with E-state index in [-0.39, 0.29) is 0 Å². The first-order chi connectivity index (χ1) is 29.7. The predicted molar refractivity (Wildman–Crippen MR) is 248 cm³/mol. The number of hydrogen-bond acceptors (Lipinski definition) is 3. The van der Waals surface area contributed by atoms with Crippen molar-refractivity contribution in [1.82, 2.24) is 24.1 Å². The number of para-hydroxylation sites is 3. The molecule has 3 aromatic heterocycles. The minimum Gasteiger partial charge on any atom is -0.309 e. The summed E-state index contributed by atoms with van der Waals surface area (Å²) in [5, 5.41) is 7.47. The van der Waals surface area contributed by atoms with Gasteiger partial charge < -0.3 is 9.13 Å². The van der Waals surface area contributed by atoms with E-state index in [1.807, 2.05) is 30.3 Å². The van der Waals surface area contributed by atoms with E-state index < -0.39 is 0 Å². The molecule has 0 aliphatic rings. The smallest absolute Gasteiger partial charge is 0.164 e.